The maximum Gasteiger partial charge on any atom is 0.259 e. The van der Waals surface area contributed by atoms with Crippen molar-refractivity contribution in [3.8, 4) is 0 Å². The number of amides is 1. The molecular weight excluding hydrogens is 228 g/mol. The molecule has 1 fully saturated rings. The molecule has 92 valence electrons. The summed E-state index contributed by atoms with van der Waals surface area (Å²) in [4.78, 5) is 13.2. The van der Waals surface area contributed by atoms with Gasteiger partial charge in [0, 0.05) is 13.1 Å². The lowest BCUT2D eigenvalue weighted by Gasteiger charge is -2.30. The van der Waals surface area contributed by atoms with Crippen LogP contribution in [0.2, 0.25) is 0 Å². The van der Waals surface area contributed by atoms with Crippen LogP contribution < -0.4 is 0 Å². The van der Waals surface area contributed by atoms with Crippen molar-refractivity contribution in [2.45, 2.75) is 18.9 Å². The van der Waals surface area contributed by atoms with Crippen molar-refractivity contribution in [1.82, 2.24) is 4.90 Å². The molecule has 0 aliphatic carbocycles. The largest absolute Gasteiger partial charge is 0.391 e. The quantitative estimate of drug-likeness (QED) is 0.810. The standard InChI is InChI=1S/C12H13F2NO2/c13-9-4-1-5-10(14)11(9)12(17)15-6-2-3-8(16)7-15/h1,4-5,8,16H,2-3,6-7H2/t8-/m1/s1. The molecule has 0 spiro atoms. The van der Waals surface area contributed by atoms with Gasteiger partial charge in [0.25, 0.3) is 5.91 Å². The number of aliphatic hydroxyl groups excluding tert-OH is 1. The van der Waals surface area contributed by atoms with E-state index in [0.717, 1.165) is 12.1 Å². The second-order valence-electron chi connectivity index (χ2n) is 4.14. The Morgan fingerprint density at radius 3 is 2.59 bits per heavy atom. The molecule has 0 saturated carbocycles. The van der Waals surface area contributed by atoms with E-state index in [1.54, 1.807) is 0 Å². The molecule has 1 saturated heterocycles. The Morgan fingerprint density at radius 1 is 1.35 bits per heavy atom. The van der Waals surface area contributed by atoms with Crippen LogP contribution in [0.25, 0.3) is 0 Å². The summed E-state index contributed by atoms with van der Waals surface area (Å²) < 4.78 is 26.8. The lowest BCUT2D eigenvalue weighted by atomic mass is 10.1. The van der Waals surface area contributed by atoms with Crippen molar-refractivity contribution < 1.29 is 18.7 Å². The number of aliphatic hydroxyl groups is 1. The zero-order chi connectivity index (χ0) is 12.4. The third-order valence-electron chi connectivity index (χ3n) is 2.86. The Labute approximate surface area is 97.7 Å². The maximum atomic E-state index is 13.4. The Kier molecular flexibility index (Phi) is 3.38. The highest BCUT2D eigenvalue weighted by atomic mass is 19.1. The zero-order valence-electron chi connectivity index (χ0n) is 9.20. The van der Waals surface area contributed by atoms with Crippen molar-refractivity contribution in [2.75, 3.05) is 13.1 Å². The number of rotatable bonds is 1. The van der Waals surface area contributed by atoms with Crippen LogP contribution in [0, 0.1) is 11.6 Å². The van der Waals surface area contributed by atoms with E-state index >= 15 is 0 Å². The van der Waals surface area contributed by atoms with Gasteiger partial charge in [-0.25, -0.2) is 8.78 Å². The van der Waals surface area contributed by atoms with Crippen LogP contribution >= 0.6 is 0 Å². The highest BCUT2D eigenvalue weighted by Crippen LogP contribution is 2.18. The van der Waals surface area contributed by atoms with Gasteiger partial charge in [-0.2, -0.15) is 0 Å². The first kappa shape index (κ1) is 12.0. The van der Waals surface area contributed by atoms with E-state index in [9.17, 15) is 18.7 Å². The normalized spacial score (nSPS) is 20.4. The Morgan fingerprint density at radius 2 is 2.00 bits per heavy atom. The Balaban J connectivity index is 2.24. The van der Waals surface area contributed by atoms with Crippen molar-refractivity contribution in [3.63, 3.8) is 0 Å². The van der Waals surface area contributed by atoms with Crippen molar-refractivity contribution in [2.24, 2.45) is 0 Å². The summed E-state index contributed by atoms with van der Waals surface area (Å²) in [5.41, 5.74) is -0.540. The van der Waals surface area contributed by atoms with E-state index in [2.05, 4.69) is 0 Å². The summed E-state index contributed by atoms with van der Waals surface area (Å²) in [5.74, 6) is -2.43. The number of benzene rings is 1. The van der Waals surface area contributed by atoms with Gasteiger partial charge in [0.2, 0.25) is 0 Å². The molecule has 1 amide bonds. The first-order valence-corrected chi connectivity index (χ1v) is 5.51. The first-order valence-electron chi connectivity index (χ1n) is 5.51. The Hall–Kier alpha value is -1.49. The average molecular weight is 241 g/mol. The number of nitrogens with zero attached hydrogens (tertiary/aromatic N) is 1. The summed E-state index contributed by atoms with van der Waals surface area (Å²) in [6.07, 6.45) is 0.648. The van der Waals surface area contributed by atoms with Gasteiger partial charge in [-0.3, -0.25) is 4.79 Å². The molecule has 1 aliphatic heterocycles. The van der Waals surface area contributed by atoms with Gasteiger partial charge in [-0.05, 0) is 25.0 Å². The van der Waals surface area contributed by atoms with Crippen LogP contribution in [0.3, 0.4) is 0 Å². The van der Waals surface area contributed by atoms with Crippen LogP contribution in [0.1, 0.15) is 23.2 Å². The van der Waals surface area contributed by atoms with E-state index in [-0.39, 0.29) is 6.54 Å². The molecule has 1 heterocycles. The Bertz CT molecular complexity index is 416. The van der Waals surface area contributed by atoms with E-state index < -0.39 is 29.2 Å². The molecule has 2 rings (SSSR count). The lowest BCUT2D eigenvalue weighted by Crippen LogP contribution is -2.42. The number of piperidine rings is 1. The van der Waals surface area contributed by atoms with Crippen molar-refractivity contribution in [1.29, 1.82) is 0 Å². The first-order chi connectivity index (χ1) is 8.09. The predicted molar refractivity (Wildman–Crippen MR) is 57.5 cm³/mol. The van der Waals surface area contributed by atoms with E-state index in [1.807, 2.05) is 0 Å². The molecule has 0 aromatic heterocycles. The van der Waals surface area contributed by atoms with Gasteiger partial charge in [-0.1, -0.05) is 6.07 Å². The second-order valence-corrected chi connectivity index (χ2v) is 4.14. The minimum absolute atomic E-state index is 0.132. The molecule has 5 heteroatoms. The number of β-amino-alcohol motifs (C(OH)–C–C–N with tert-alkyl or cyclic N) is 1. The molecule has 1 atom stereocenters. The van der Waals surface area contributed by atoms with Crippen LogP contribution in [0.15, 0.2) is 18.2 Å². The smallest absolute Gasteiger partial charge is 0.259 e. The summed E-state index contributed by atoms with van der Waals surface area (Å²) in [5, 5.41) is 9.43. The van der Waals surface area contributed by atoms with Crippen molar-refractivity contribution >= 4 is 5.91 Å². The van der Waals surface area contributed by atoms with E-state index in [4.69, 9.17) is 0 Å². The van der Waals surface area contributed by atoms with Crippen LogP contribution in [-0.2, 0) is 0 Å². The number of likely N-dealkylation sites (tertiary alicyclic amines) is 1. The molecular formula is C12H13F2NO2. The van der Waals surface area contributed by atoms with Gasteiger partial charge in [-0.15, -0.1) is 0 Å². The average Bonchev–Trinajstić information content (AvgIpc) is 2.28. The molecule has 0 radical (unpaired) electrons. The molecule has 1 aromatic carbocycles. The molecule has 0 unspecified atom stereocenters. The number of carbonyl (C=O) groups is 1. The molecule has 1 N–H and O–H groups in total. The minimum atomic E-state index is -0.866. The summed E-state index contributed by atoms with van der Waals surface area (Å²) in [6, 6.07) is 3.32. The van der Waals surface area contributed by atoms with Gasteiger partial charge in [0.15, 0.2) is 0 Å². The second kappa shape index (κ2) is 4.79. The van der Waals surface area contributed by atoms with Gasteiger partial charge in [0.05, 0.1) is 6.10 Å². The van der Waals surface area contributed by atoms with Gasteiger partial charge in [0.1, 0.15) is 17.2 Å². The minimum Gasteiger partial charge on any atom is -0.391 e. The lowest BCUT2D eigenvalue weighted by molar-refractivity contribution is 0.0465. The fraction of sp³-hybridized carbons (Fsp3) is 0.417. The molecule has 1 aliphatic rings. The van der Waals surface area contributed by atoms with Gasteiger partial charge >= 0.3 is 0 Å². The summed E-state index contributed by atoms with van der Waals surface area (Å²) in [6.45, 7) is 0.552. The van der Waals surface area contributed by atoms with Gasteiger partial charge < -0.3 is 10.0 Å². The van der Waals surface area contributed by atoms with Crippen LogP contribution in [-0.4, -0.2) is 35.1 Å². The maximum absolute atomic E-state index is 13.4. The van der Waals surface area contributed by atoms with E-state index in [0.29, 0.717) is 19.4 Å². The predicted octanol–water partition coefficient (Wildman–Crippen LogP) is 1.56. The highest BCUT2D eigenvalue weighted by molar-refractivity contribution is 5.94. The number of carbonyl (C=O) groups excluding carboxylic acids is 1. The molecule has 1 aromatic rings. The number of hydrogen-bond acceptors (Lipinski definition) is 2. The molecule has 17 heavy (non-hydrogen) atoms. The fourth-order valence-corrected chi connectivity index (χ4v) is 2.00. The molecule has 0 bridgehead atoms. The fourth-order valence-electron chi connectivity index (χ4n) is 2.00. The highest BCUT2D eigenvalue weighted by Gasteiger charge is 2.26. The van der Waals surface area contributed by atoms with E-state index in [1.165, 1.54) is 11.0 Å². The van der Waals surface area contributed by atoms with Crippen LogP contribution in [0.5, 0.6) is 0 Å². The summed E-state index contributed by atoms with van der Waals surface area (Å²) >= 11 is 0. The number of halogens is 2. The zero-order valence-corrected chi connectivity index (χ0v) is 9.20. The SMILES string of the molecule is O=C(c1c(F)cccc1F)N1CCC[C@@H](O)C1. The third-order valence-corrected chi connectivity index (χ3v) is 2.86. The van der Waals surface area contributed by atoms with Crippen molar-refractivity contribution in [3.05, 3.63) is 35.4 Å². The third kappa shape index (κ3) is 2.44. The topological polar surface area (TPSA) is 40.5 Å². The molecule has 3 nitrogen and oxygen atoms in total. The summed E-state index contributed by atoms with van der Waals surface area (Å²) in [7, 11) is 0. The number of hydrogen-bond donors (Lipinski definition) is 1. The monoisotopic (exact) mass is 241 g/mol. The van der Waals surface area contributed by atoms with Crippen LogP contribution in [0.4, 0.5) is 8.78 Å².